The van der Waals surface area contributed by atoms with Crippen molar-refractivity contribution in [1.29, 1.82) is 0 Å². The lowest BCUT2D eigenvalue weighted by Gasteiger charge is -2.45. The molecule has 1 aromatic rings. The normalized spacial score (nSPS) is 21.2. The van der Waals surface area contributed by atoms with Gasteiger partial charge in [0.15, 0.2) is 0 Å². The molecule has 0 amide bonds. The molecule has 0 aromatic carbocycles. The Morgan fingerprint density at radius 2 is 1.71 bits per heavy atom. The molecule has 0 aliphatic carbocycles. The SMILES string of the molecule is Cc1cnc(C)c(N2CCN(CC(C)(C)N3CCOCC3)CC2)n1. The molecular weight excluding hydrogens is 302 g/mol. The monoisotopic (exact) mass is 333 g/mol. The van der Waals surface area contributed by atoms with Crippen LogP contribution in [0, 0.1) is 13.8 Å². The Hall–Kier alpha value is -1.24. The maximum Gasteiger partial charge on any atom is 0.150 e. The van der Waals surface area contributed by atoms with Crippen molar-refractivity contribution in [2.45, 2.75) is 33.2 Å². The predicted molar refractivity (Wildman–Crippen MR) is 96.6 cm³/mol. The lowest BCUT2D eigenvalue weighted by molar-refractivity contribution is -0.0221. The molecule has 134 valence electrons. The highest BCUT2D eigenvalue weighted by molar-refractivity contribution is 5.43. The highest BCUT2D eigenvalue weighted by atomic mass is 16.5. The molecule has 0 bridgehead atoms. The first-order valence-electron chi connectivity index (χ1n) is 9.06. The van der Waals surface area contributed by atoms with E-state index in [1.165, 1.54) is 0 Å². The zero-order valence-corrected chi connectivity index (χ0v) is 15.6. The van der Waals surface area contributed by atoms with E-state index in [9.17, 15) is 0 Å². The first-order valence-corrected chi connectivity index (χ1v) is 9.06. The number of morpholine rings is 1. The van der Waals surface area contributed by atoms with Crippen molar-refractivity contribution in [2.24, 2.45) is 0 Å². The molecule has 0 atom stereocenters. The van der Waals surface area contributed by atoms with E-state index in [1.54, 1.807) is 0 Å². The minimum Gasteiger partial charge on any atom is -0.379 e. The fourth-order valence-corrected chi connectivity index (χ4v) is 3.76. The average molecular weight is 333 g/mol. The molecule has 24 heavy (non-hydrogen) atoms. The van der Waals surface area contributed by atoms with Gasteiger partial charge in [0.1, 0.15) is 5.82 Å². The van der Waals surface area contributed by atoms with E-state index in [1.807, 2.05) is 13.1 Å². The van der Waals surface area contributed by atoms with Gasteiger partial charge in [0, 0.05) is 57.5 Å². The van der Waals surface area contributed by atoms with Crippen molar-refractivity contribution in [2.75, 3.05) is 63.9 Å². The molecule has 1 aromatic heterocycles. The lowest BCUT2D eigenvalue weighted by atomic mass is 10.0. The van der Waals surface area contributed by atoms with Crippen LogP contribution in [0.3, 0.4) is 0 Å². The predicted octanol–water partition coefficient (Wildman–Crippen LogP) is 1.33. The van der Waals surface area contributed by atoms with E-state index in [0.717, 1.165) is 76.2 Å². The van der Waals surface area contributed by atoms with Gasteiger partial charge in [-0.1, -0.05) is 0 Å². The zero-order chi connectivity index (χ0) is 17.2. The summed E-state index contributed by atoms with van der Waals surface area (Å²) in [4.78, 5) is 16.7. The van der Waals surface area contributed by atoms with Crippen LogP contribution >= 0.6 is 0 Å². The third-order valence-corrected chi connectivity index (χ3v) is 5.20. The molecule has 6 heteroatoms. The largest absolute Gasteiger partial charge is 0.379 e. The van der Waals surface area contributed by atoms with Crippen LogP contribution in [0.2, 0.25) is 0 Å². The summed E-state index contributed by atoms with van der Waals surface area (Å²) >= 11 is 0. The van der Waals surface area contributed by atoms with Gasteiger partial charge in [-0.2, -0.15) is 0 Å². The molecule has 0 unspecified atom stereocenters. The van der Waals surface area contributed by atoms with E-state index in [4.69, 9.17) is 9.72 Å². The summed E-state index contributed by atoms with van der Waals surface area (Å²) in [6.07, 6.45) is 1.85. The molecule has 0 N–H and O–H groups in total. The molecule has 0 radical (unpaired) electrons. The van der Waals surface area contributed by atoms with Crippen molar-refractivity contribution in [3.63, 3.8) is 0 Å². The fourth-order valence-electron chi connectivity index (χ4n) is 3.76. The molecule has 2 saturated heterocycles. The van der Waals surface area contributed by atoms with Crippen LogP contribution in [0.25, 0.3) is 0 Å². The van der Waals surface area contributed by atoms with E-state index in [0.29, 0.717) is 0 Å². The van der Waals surface area contributed by atoms with Gasteiger partial charge in [0.05, 0.1) is 24.6 Å². The summed E-state index contributed by atoms with van der Waals surface area (Å²) in [6.45, 7) is 17.9. The summed E-state index contributed by atoms with van der Waals surface area (Å²) in [7, 11) is 0. The second kappa shape index (κ2) is 7.33. The van der Waals surface area contributed by atoms with Crippen LogP contribution in [0.5, 0.6) is 0 Å². The molecular formula is C18H31N5O. The molecule has 3 rings (SSSR count). The number of nitrogens with zero attached hydrogens (tertiary/aromatic N) is 5. The van der Waals surface area contributed by atoms with Gasteiger partial charge in [0.25, 0.3) is 0 Å². The summed E-state index contributed by atoms with van der Waals surface area (Å²) in [5.74, 6) is 1.06. The third-order valence-electron chi connectivity index (χ3n) is 5.20. The van der Waals surface area contributed by atoms with Crippen molar-refractivity contribution >= 4 is 5.82 Å². The number of hydrogen-bond donors (Lipinski definition) is 0. The van der Waals surface area contributed by atoms with Gasteiger partial charge < -0.3 is 9.64 Å². The van der Waals surface area contributed by atoms with Crippen molar-refractivity contribution in [1.82, 2.24) is 19.8 Å². The zero-order valence-electron chi connectivity index (χ0n) is 15.6. The number of rotatable bonds is 4. The number of anilines is 1. The van der Waals surface area contributed by atoms with Crippen molar-refractivity contribution in [3.05, 3.63) is 17.6 Å². The Morgan fingerprint density at radius 1 is 1.04 bits per heavy atom. The summed E-state index contributed by atoms with van der Waals surface area (Å²) in [5.41, 5.74) is 2.22. The molecule has 0 saturated carbocycles. The number of aryl methyl sites for hydroxylation is 2. The number of piperazine rings is 1. The molecule has 3 heterocycles. The van der Waals surface area contributed by atoms with E-state index in [-0.39, 0.29) is 5.54 Å². The Bertz CT molecular complexity index is 548. The number of hydrogen-bond acceptors (Lipinski definition) is 6. The van der Waals surface area contributed by atoms with Gasteiger partial charge in [-0.3, -0.25) is 14.8 Å². The maximum atomic E-state index is 5.49. The van der Waals surface area contributed by atoms with Crippen LogP contribution in [0.4, 0.5) is 5.82 Å². The first-order chi connectivity index (χ1) is 11.5. The Morgan fingerprint density at radius 3 is 2.38 bits per heavy atom. The smallest absolute Gasteiger partial charge is 0.150 e. The standard InChI is InChI=1S/C18H31N5O/c1-15-13-19-16(2)17(20-15)22-7-5-21(6-8-22)14-18(3,4)23-9-11-24-12-10-23/h13H,5-12,14H2,1-4H3. The van der Waals surface area contributed by atoms with Crippen molar-refractivity contribution < 1.29 is 4.74 Å². The third kappa shape index (κ3) is 4.05. The topological polar surface area (TPSA) is 44.7 Å². The van der Waals surface area contributed by atoms with Crippen LogP contribution < -0.4 is 4.90 Å². The molecule has 2 aliphatic rings. The van der Waals surface area contributed by atoms with Gasteiger partial charge in [-0.05, 0) is 27.7 Å². The van der Waals surface area contributed by atoms with E-state index in [2.05, 4.69) is 40.5 Å². The van der Waals surface area contributed by atoms with Gasteiger partial charge in [0.2, 0.25) is 0 Å². The summed E-state index contributed by atoms with van der Waals surface area (Å²) < 4.78 is 5.49. The lowest BCUT2D eigenvalue weighted by Crippen LogP contribution is -2.58. The maximum absolute atomic E-state index is 5.49. The van der Waals surface area contributed by atoms with Crippen molar-refractivity contribution in [3.8, 4) is 0 Å². The summed E-state index contributed by atoms with van der Waals surface area (Å²) in [5, 5.41) is 0. The number of ether oxygens (including phenoxy) is 1. The average Bonchev–Trinajstić information content (AvgIpc) is 2.58. The van der Waals surface area contributed by atoms with E-state index < -0.39 is 0 Å². The quantitative estimate of drug-likeness (QED) is 0.828. The van der Waals surface area contributed by atoms with Gasteiger partial charge in [-0.25, -0.2) is 4.98 Å². The van der Waals surface area contributed by atoms with Crippen LogP contribution in [0.1, 0.15) is 25.2 Å². The second-order valence-corrected chi connectivity index (χ2v) is 7.60. The van der Waals surface area contributed by atoms with Crippen LogP contribution in [-0.4, -0.2) is 84.3 Å². The Kier molecular flexibility index (Phi) is 5.37. The minimum absolute atomic E-state index is 0.199. The second-order valence-electron chi connectivity index (χ2n) is 7.60. The molecule has 0 spiro atoms. The van der Waals surface area contributed by atoms with Gasteiger partial charge in [-0.15, -0.1) is 0 Å². The summed E-state index contributed by atoms with van der Waals surface area (Å²) in [6, 6.07) is 0. The Balaban J connectivity index is 1.56. The molecule has 2 fully saturated rings. The number of aromatic nitrogens is 2. The highest BCUT2D eigenvalue weighted by Gasteiger charge is 2.31. The fraction of sp³-hybridized carbons (Fsp3) is 0.778. The van der Waals surface area contributed by atoms with Crippen LogP contribution in [0.15, 0.2) is 6.20 Å². The van der Waals surface area contributed by atoms with Gasteiger partial charge >= 0.3 is 0 Å². The Labute approximate surface area is 145 Å². The first kappa shape index (κ1) is 17.6. The minimum atomic E-state index is 0.199. The molecule has 2 aliphatic heterocycles. The van der Waals surface area contributed by atoms with E-state index >= 15 is 0 Å². The highest BCUT2D eigenvalue weighted by Crippen LogP contribution is 2.21. The molecule has 6 nitrogen and oxygen atoms in total. The van der Waals surface area contributed by atoms with Crippen LogP contribution in [-0.2, 0) is 4.74 Å².